The molecule has 5 nitrogen and oxygen atoms in total. The quantitative estimate of drug-likeness (QED) is 0.758. The van der Waals surface area contributed by atoms with Gasteiger partial charge in [0.15, 0.2) is 0 Å². The minimum Gasteiger partial charge on any atom is -0.336 e. The lowest BCUT2D eigenvalue weighted by Crippen LogP contribution is -2.27. The van der Waals surface area contributed by atoms with Crippen molar-refractivity contribution in [3.05, 3.63) is 24.3 Å². The highest BCUT2D eigenvalue weighted by Crippen LogP contribution is 2.19. The zero-order valence-corrected chi connectivity index (χ0v) is 12.5. The molecular weight excluding hydrogens is 266 g/mol. The first kappa shape index (κ1) is 15.4. The number of hydrogen-bond acceptors (Lipinski definition) is 2. The first-order valence-corrected chi connectivity index (χ1v) is 7.66. The van der Waals surface area contributed by atoms with Gasteiger partial charge in [-0.05, 0) is 30.7 Å². The molecule has 0 bridgehead atoms. The number of nitrogens with one attached hydrogen (secondary N) is 2. The second kappa shape index (κ2) is 7.67. The molecule has 2 N–H and O–H groups in total. The minimum atomic E-state index is -0.0669. The third-order valence-electron chi connectivity index (χ3n) is 3.58. The molecular formula is C16H23N3O2. The zero-order chi connectivity index (χ0) is 15.1. The molecule has 0 aliphatic carbocycles. The predicted octanol–water partition coefficient (Wildman–Crippen LogP) is 3.13. The van der Waals surface area contributed by atoms with Crippen LogP contribution in [0, 0.1) is 0 Å². The average Bonchev–Trinajstić information content (AvgIpc) is 2.91. The van der Waals surface area contributed by atoms with Crippen molar-refractivity contribution in [1.29, 1.82) is 0 Å². The van der Waals surface area contributed by atoms with Crippen molar-refractivity contribution in [2.24, 2.45) is 0 Å². The average molecular weight is 289 g/mol. The van der Waals surface area contributed by atoms with Crippen LogP contribution in [0.3, 0.4) is 0 Å². The fraction of sp³-hybridized carbons (Fsp3) is 0.500. The van der Waals surface area contributed by atoms with Gasteiger partial charge in [0.05, 0.1) is 0 Å². The zero-order valence-electron chi connectivity index (χ0n) is 12.5. The number of hydrogen-bond donors (Lipinski definition) is 2. The summed E-state index contributed by atoms with van der Waals surface area (Å²) in [6, 6.07) is 7.33. The number of amides is 3. The summed E-state index contributed by atoms with van der Waals surface area (Å²) >= 11 is 0. The van der Waals surface area contributed by atoms with Gasteiger partial charge >= 0.3 is 6.03 Å². The van der Waals surface area contributed by atoms with E-state index in [1.165, 1.54) is 12.8 Å². The van der Waals surface area contributed by atoms with Crippen molar-refractivity contribution in [2.75, 3.05) is 23.3 Å². The number of urea groups is 1. The van der Waals surface area contributed by atoms with E-state index in [4.69, 9.17) is 0 Å². The molecule has 2 rings (SSSR count). The van der Waals surface area contributed by atoms with Crippen molar-refractivity contribution in [3.8, 4) is 0 Å². The first-order chi connectivity index (χ1) is 10.2. The Kier molecular flexibility index (Phi) is 5.60. The molecule has 1 heterocycles. The number of benzene rings is 1. The third kappa shape index (κ3) is 4.48. The normalized spacial score (nSPS) is 14.1. The van der Waals surface area contributed by atoms with Crippen LogP contribution in [0.4, 0.5) is 16.2 Å². The summed E-state index contributed by atoms with van der Waals surface area (Å²) in [5.41, 5.74) is 1.63. The first-order valence-electron chi connectivity index (χ1n) is 7.66. The molecule has 0 saturated carbocycles. The van der Waals surface area contributed by atoms with Crippen LogP contribution in [0.5, 0.6) is 0 Å². The van der Waals surface area contributed by atoms with Gasteiger partial charge in [0.1, 0.15) is 0 Å². The number of anilines is 2. The molecule has 1 aromatic rings. The van der Waals surface area contributed by atoms with Crippen LogP contribution in [0.1, 0.15) is 39.0 Å². The van der Waals surface area contributed by atoms with E-state index in [2.05, 4.69) is 17.6 Å². The number of nitrogens with zero attached hydrogens (tertiary/aromatic N) is 1. The lowest BCUT2D eigenvalue weighted by molar-refractivity contribution is -0.116. The van der Waals surface area contributed by atoms with Gasteiger partial charge in [-0.2, -0.15) is 0 Å². The number of rotatable bonds is 7. The topological polar surface area (TPSA) is 61.4 Å². The minimum absolute atomic E-state index is 0.0535. The van der Waals surface area contributed by atoms with Crippen LogP contribution in [-0.4, -0.2) is 25.0 Å². The van der Waals surface area contributed by atoms with Gasteiger partial charge in [-0.25, -0.2) is 4.79 Å². The van der Waals surface area contributed by atoms with Gasteiger partial charge < -0.3 is 10.6 Å². The van der Waals surface area contributed by atoms with E-state index in [1.807, 2.05) is 24.3 Å². The monoisotopic (exact) mass is 289 g/mol. The van der Waals surface area contributed by atoms with Crippen LogP contribution in [0.15, 0.2) is 24.3 Å². The van der Waals surface area contributed by atoms with Crippen molar-refractivity contribution in [3.63, 3.8) is 0 Å². The molecule has 114 valence electrons. The second-order valence-corrected chi connectivity index (χ2v) is 5.29. The fourth-order valence-electron chi connectivity index (χ4n) is 2.38. The van der Waals surface area contributed by atoms with E-state index in [0.717, 1.165) is 24.2 Å². The Morgan fingerprint density at radius 1 is 1.24 bits per heavy atom. The van der Waals surface area contributed by atoms with Gasteiger partial charge in [-0.15, -0.1) is 0 Å². The Labute approximate surface area is 125 Å². The number of carbonyl (C=O) groups excluding carboxylic acids is 2. The molecule has 0 spiro atoms. The van der Waals surface area contributed by atoms with Crippen molar-refractivity contribution in [1.82, 2.24) is 5.32 Å². The maximum Gasteiger partial charge on any atom is 0.321 e. The maximum absolute atomic E-state index is 11.8. The summed E-state index contributed by atoms with van der Waals surface area (Å²) in [6.45, 7) is 3.51. The Morgan fingerprint density at radius 2 is 2.00 bits per heavy atom. The van der Waals surface area contributed by atoms with Gasteiger partial charge in [0.25, 0.3) is 0 Å². The fourth-order valence-corrected chi connectivity index (χ4v) is 2.38. The summed E-state index contributed by atoms with van der Waals surface area (Å²) < 4.78 is 0. The molecule has 1 fully saturated rings. The number of carbonyl (C=O) groups is 2. The standard InChI is InChI=1S/C16H23N3O2/c1-2-3-4-5-6-15(20)18-13-7-9-14(10-8-13)19-12-11-17-16(19)21/h7-10H,2-6,11-12H2,1H3,(H,17,21)(H,18,20). The highest BCUT2D eigenvalue weighted by molar-refractivity contribution is 5.95. The van der Waals surface area contributed by atoms with Crippen LogP contribution in [-0.2, 0) is 4.79 Å². The molecule has 0 atom stereocenters. The molecule has 1 aliphatic rings. The van der Waals surface area contributed by atoms with Crippen LogP contribution < -0.4 is 15.5 Å². The van der Waals surface area contributed by atoms with Gasteiger partial charge in [0, 0.05) is 30.9 Å². The largest absolute Gasteiger partial charge is 0.336 e. The Bertz CT molecular complexity index is 485. The van der Waals surface area contributed by atoms with E-state index in [-0.39, 0.29) is 11.9 Å². The van der Waals surface area contributed by atoms with Crippen molar-refractivity contribution >= 4 is 23.3 Å². The smallest absolute Gasteiger partial charge is 0.321 e. The molecule has 1 aromatic carbocycles. The molecule has 1 saturated heterocycles. The predicted molar refractivity (Wildman–Crippen MR) is 84.6 cm³/mol. The van der Waals surface area contributed by atoms with E-state index < -0.39 is 0 Å². The lowest BCUT2D eigenvalue weighted by atomic mass is 10.1. The summed E-state index contributed by atoms with van der Waals surface area (Å²) in [4.78, 5) is 25.0. The molecule has 0 radical (unpaired) electrons. The summed E-state index contributed by atoms with van der Waals surface area (Å²) in [6.07, 6.45) is 4.96. The van der Waals surface area contributed by atoms with Crippen LogP contribution in [0.2, 0.25) is 0 Å². The second-order valence-electron chi connectivity index (χ2n) is 5.29. The molecule has 21 heavy (non-hydrogen) atoms. The molecule has 1 aliphatic heterocycles. The van der Waals surface area contributed by atoms with E-state index in [1.54, 1.807) is 4.90 Å². The Balaban J connectivity index is 1.82. The molecule has 0 unspecified atom stereocenters. The van der Waals surface area contributed by atoms with Crippen molar-refractivity contribution in [2.45, 2.75) is 39.0 Å². The van der Waals surface area contributed by atoms with Crippen LogP contribution in [0.25, 0.3) is 0 Å². The van der Waals surface area contributed by atoms with Gasteiger partial charge in [-0.1, -0.05) is 26.2 Å². The Hall–Kier alpha value is -2.04. The van der Waals surface area contributed by atoms with Crippen LogP contribution >= 0.6 is 0 Å². The SMILES string of the molecule is CCCCCCC(=O)Nc1ccc(N2CCNC2=O)cc1. The highest BCUT2D eigenvalue weighted by Gasteiger charge is 2.20. The Morgan fingerprint density at radius 3 is 2.62 bits per heavy atom. The van der Waals surface area contributed by atoms with E-state index >= 15 is 0 Å². The van der Waals surface area contributed by atoms with Crippen molar-refractivity contribution < 1.29 is 9.59 Å². The lowest BCUT2D eigenvalue weighted by Gasteiger charge is -2.14. The molecule has 5 heteroatoms. The van der Waals surface area contributed by atoms with Gasteiger partial charge in [0.2, 0.25) is 5.91 Å². The number of unbranched alkanes of at least 4 members (excludes halogenated alkanes) is 3. The maximum atomic E-state index is 11.8. The summed E-state index contributed by atoms with van der Waals surface area (Å²) in [5, 5.41) is 5.66. The molecule has 3 amide bonds. The third-order valence-corrected chi connectivity index (χ3v) is 3.58. The molecule has 0 aromatic heterocycles. The highest BCUT2D eigenvalue weighted by atomic mass is 16.2. The summed E-state index contributed by atoms with van der Waals surface area (Å²) in [7, 11) is 0. The van der Waals surface area contributed by atoms with E-state index in [9.17, 15) is 9.59 Å². The van der Waals surface area contributed by atoms with Gasteiger partial charge in [-0.3, -0.25) is 9.69 Å². The van der Waals surface area contributed by atoms with E-state index in [0.29, 0.717) is 19.5 Å². The summed E-state index contributed by atoms with van der Waals surface area (Å²) in [5.74, 6) is 0.0535.